The molecule has 2 heteroatoms. The third-order valence-corrected chi connectivity index (χ3v) is 5.01. The molecule has 2 unspecified atom stereocenters. The van der Waals surface area contributed by atoms with Crippen molar-refractivity contribution < 1.29 is 9.90 Å². The molecular weight excluding hydrogens is 188 g/mol. The van der Waals surface area contributed by atoms with E-state index in [4.69, 9.17) is 0 Å². The zero-order chi connectivity index (χ0) is 11.1. The second-order valence-electron chi connectivity index (χ2n) is 5.75. The minimum absolute atomic E-state index is 0.118. The second kappa shape index (κ2) is 3.89. The van der Waals surface area contributed by atoms with Gasteiger partial charge in [0.2, 0.25) is 0 Å². The van der Waals surface area contributed by atoms with Gasteiger partial charge in [0.25, 0.3) is 0 Å². The van der Waals surface area contributed by atoms with Crippen LogP contribution in [0.2, 0.25) is 0 Å². The Morgan fingerprint density at radius 1 is 1.40 bits per heavy atom. The van der Waals surface area contributed by atoms with Crippen LogP contribution in [-0.2, 0) is 4.79 Å². The quantitative estimate of drug-likeness (QED) is 0.711. The van der Waals surface area contributed by atoms with E-state index in [2.05, 4.69) is 6.92 Å². The lowest BCUT2D eigenvalue weighted by atomic mass is 9.62. The molecule has 0 heterocycles. The van der Waals surface area contributed by atoms with E-state index >= 15 is 0 Å². The van der Waals surface area contributed by atoms with Crippen molar-refractivity contribution in [2.75, 3.05) is 0 Å². The molecular formula is C13H22O2. The second-order valence-corrected chi connectivity index (χ2v) is 5.75. The Morgan fingerprint density at radius 3 is 2.80 bits per heavy atom. The summed E-state index contributed by atoms with van der Waals surface area (Å²) in [6.45, 7) is 4.32. The van der Waals surface area contributed by atoms with E-state index < -0.39 is 0 Å². The number of aliphatic hydroxyl groups excluding tert-OH is 1. The lowest BCUT2D eigenvalue weighted by Crippen LogP contribution is -2.41. The molecule has 2 nitrogen and oxygen atoms in total. The number of hydrogen-bond acceptors (Lipinski definition) is 2. The highest BCUT2D eigenvalue weighted by Crippen LogP contribution is 2.57. The van der Waals surface area contributed by atoms with Crippen molar-refractivity contribution in [3.63, 3.8) is 0 Å². The first-order chi connectivity index (χ1) is 7.09. The van der Waals surface area contributed by atoms with E-state index in [-0.39, 0.29) is 17.4 Å². The summed E-state index contributed by atoms with van der Waals surface area (Å²) in [5.41, 5.74) is 0.220. The highest BCUT2D eigenvalue weighted by atomic mass is 16.3. The Balaban J connectivity index is 2.20. The summed E-state index contributed by atoms with van der Waals surface area (Å²) in [7, 11) is 0. The molecule has 2 saturated carbocycles. The maximum atomic E-state index is 10.9. The topological polar surface area (TPSA) is 37.3 Å². The summed E-state index contributed by atoms with van der Waals surface area (Å²) in [5.74, 6) is 1.10. The number of carbonyl (C=O) groups excluding carboxylic acids is 1. The molecule has 2 fully saturated rings. The molecule has 2 aliphatic rings. The number of aldehydes is 1. The number of aliphatic hydroxyl groups is 1. The van der Waals surface area contributed by atoms with Gasteiger partial charge in [-0.1, -0.05) is 20.3 Å². The minimum atomic E-state index is -0.118. The third-order valence-electron chi connectivity index (χ3n) is 5.01. The zero-order valence-corrected chi connectivity index (χ0v) is 9.78. The predicted octanol–water partition coefficient (Wildman–Crippen LogP) is 2.40. The van der Waals surface area contributed by atoms with Gasteiger partial charge in [-0.3, -0.25) is 0 Å². The molecule has 2 aliphatic carbocycles. The average Bonchev–Trinajstić information content (AvgIpc) is 2.56. The zero-order valence-electron chi connectivity index (χ0n) is 9.78. The van der Waals surface area contributed by atoms with Crippen LogP contribution in [0.3, 0.4) is 0 Å². The van der Waals surface area contributed by atoms with Crippen molar-refractivity contribution in [2.45, 2.75) is 52.1 Å². The monoisotopic (exact) mass is 210 g/mol. The molecule has 0 aromatic rings. The fourth-order valence-electron chi connectivity index (χ4n) is 4.15. The first-order valence-corrected chi connectivity index (χ1v) is 6.23. The van der Waals surface area contributed by atoms with E-state index in [1.807, 2.05) is 6.92 Å². The largest absolute Gasteiger partial charge is 0.393 e. The fraction of sp³-hybridized carbons (Fsp3) is 0.923. The van der Waals surface area contributed by atoms with E-state index in [1.165, 1.54) is 6.42 Å². The van der Waals surface area contributed by atoms with Crippen LogP contribution in [0, 0.1) is 23.2 Å². The maximum absolute atomic E-state index is 10.9. The number of fused-ring (bicyclic) bond motifs is 1. The van der Waals surface area contributed by atoms with Gasteiger partial charge in [-0.2, -0.15) is 0 Å². The van der Waals surface area contributed by atoms with Crippen molar-refractivity contribution in [3.05, 3.63) is 0 Å². The van der Waals surface area contributed by atoms with Gasteiger partial charge in [0, 0.05) is 5.92 Å². The van der Waals surface area contributed by atoms with Crippen LogP contribution >= 0.6 is 0 Å². The molecule has 0 bridgehead atoms. The molecule has 15 heavy (non-hydrogen) atoms. The number of rotatable bonds is 2. The van der Waals surface area contributed by atoms with Crippen molar-refractivity contribution in [1.82, 2.24) is 0 Å². The van der Waals surface area contributed by atoms with E-state index in [0.29, 0.717) is 11.8 Å². The van der Waals surface area contributed by atoms with E-state index in [9.17, 15) is 9.90 Å². The van der Waals surface area contributed by atoms with Gasteiger partial charge in [0.05, 0.1) is 6.10 Å². The summed E-state index contributed by atoms with van der Waals surface area (Å²) in [6.07, 6.45) is 6.49. The van der Waals surface area contributed by atoms with Crippen molar-refractivity contribution >= 4 is 6.29 Å². The van der Waals surface area contributed by atoms with Gasteiger partial charge in [0.15, 0.2) is 0 Å². The number of carbonyl (C=O) groups is 1. The van der Waals surface area contributed by atoms with Gasteiger partial charge >= 0.3 is 0 Å². The molecule has 0 aromatic heterocycles. The van der Waals surface area contributed by atoms with Gasteiger partial charge in [-0.25, -0.2) is 0 Å². The average molecular weight is 210 g/mol. The standard InChI is InChI=1S/C13H22O2/c1-9(8-14)10-5-6-11-12(15)4-3-7-13(10,11)2/h8-12,15H,3-7H2,1-2H3/t9-,10-,11?,12?,13-/m1/s1. The summed E-state index contributed by atoms with van der Waals surface area (Å²) in [5, 5.41) is 10.0. The normalized spacial score (nSPS) is 47.3. The predicted molar refractivity (Wildman–Crippen MR) is 59.4 cm³/mol. The Kier molecular flexibility index (Phi) is 2.89. The molecule has 0 amide bonds. The molecule has 0 aliphatic heterocycles. The summed E-state index contributed by atoms with van der Waals surface area (Å²) in [6, 6.07) is 0. The molecule has 0 spiro atoms. The van der Waals surface area contributed by atoms with Crippen LogP contribution in [-0.4, -0.2) is 17.5 Å². The van der Waals surface area contributed by atoms with Gasteiger partial charge in [-0.05, 0) is 42.9 Å². The fourth-order valence-corrected chi connectivity index (χ4v) is 4.15. The Bertz CT molecular complexity index is 251. The first kappa shape index (κ1) is 11.1. The summed E-state index contributed by atoms with van der Waals surface area (Å²) >= 11 is 0. The summed E-state index contributed by atoms with van der Waals surface area (Å²) in [4.78, 5) is 10.9. The molecule has 0 radical (unpaired) electrons. The van der Waals surface area contributed by atoms with Crippen LogP contribution in [0.25, 0.3) is 0 Å². The number of hydrogen-bond donors (Lipinski definition) is 1. The maximum Gasteiger partial charge on any atom is 0.123 e. The van der Waals surface area contributed by atoms with Gasteiger partial charge < -0.3 is 9.90 Å². The van der Waals surface area contributed by atoms with Crippen molar-refractivity contribution in [2.24, 2.45) is 23.2 Å². The molecule has 86 valence electrons. The SMILES string of the molecule is C[C@H](C=O)[C@H]1CCC2C(O)CCC[C@@]21C. The molecule has 0 aromatic carbocycles. The van der Waals surface area contributed by atoms with Crippen LogP contribution < -0.4 is 0 Å². The van der Waals surface area contributed by atoms with Gasteiger partial charge in [0.1, 0.15) is 6.29 Å². The smallest absolute Gasteiger partial charge is 0.123 e. The third kappa shape index (κ3) is 1.63. The highest BCUT2D eigenvalue weighted by Gasteiger charge is 2.52. The van der Waals surface area contributed by atoms with E-state index in [0.717, 1.165) is 32.0 Å². The minimum Gasteiger partial charge on any atom is -0.393 e. The van der Waals surface area contributed by atoms with Crippen LogP contribution in [0.4, 0.5) is 0 Å². The lowest BCUT2D eigenvalue weighted by Gasteiger charge is -2.44. The van der Waals surface area contributed by atoms with Gasteiger partial charge in [-0.15, -0.1) is 0 Å². The van der Waals surface area contributed by atoms with Crippen molar-refractivity contribution in [1.29, 1.82) is 0 Å². The Labute approximate surface area is 92.1 Å². The first-order valence-electron chi connectivity index (χ1n) is 6.23. The highest BCUT2D eigenvalue weighted by molar-refractivity contribution is 5.53. The molecule has 0 saturated heterocycles. The molecule has 1 N–H and O–H groups in total. The lowest BCUT2D eigenvalue weighted by molar-refractivity contribution is -0.114. The van der Waals surface area contributed by atoms with Crippen LogP contribution in [0.1, 0.15) is 46.0 Å². The molecule has 5 atom stereocenters. The Morgan fingerprint density at radius 2 is 2.13 bits per heavy atom. The van der Waals surface area contributed by atoms with Crippen molar-refractivity contribution in [3.8, 4) is 0 Å². The van der Waals surface area contributed by atoms with Crippen LogP contribution in [0.5, 0.6) is 0 Å². The van der Waals surface area contributed by atoms with E-state index in [1.54, 1.807) is 0 Å². The summed E-state index contributed by atoms with van der Waals surface area (Å²) < 4.78 is 0. The van der Waals surface area contributed by atoms with Crippen LogP contribution in [0.15, 0.2) is 0 Å². The molecule has 2 rings (SSSR count). The Hall–Kier alpha value is -0.370.